The normalized spacial score (nSPS) is 21.0. The van der Waals surface area contributed by atoms with Crippen LogP contribution in [0.2, 0.25) is 0 Å². The predicted octanol–water partition coefficient (Wildman–Crippen LogP) is 4.32. The molecule has 0 unspecified atom stereocenters. The number of anilines is 1. The maximum absolute atomic E-state index is 10.8. The van der Waals surface area contributed by atoms with Crippen molar-refractivity contribution in [1.82, 2.24) is 4.98 Å². The molecule has 1 aromatic rings. The molecule has 0 atom stereocenters. The van der Waals surface area contributed by atoms with Gasteiger partial charge in [-0.05, 0) is 43.1 Å². The Bertz CT molecular complexity index is 536. The Morgan fingerprint density at radius 2 is 1.81 bits per heavy atom. The molecule has 1 aliphatic carbocycles. The SMILES string of the molecule is Cc1nc(NC2CC(C)(C)CC(C)(C)C2)ccc1[N+](=O)[O-]. The van der Waals surface area contributed by atoms with Gasteiger partial charge in [0, 0.05) is 12.1 Å². The van der Waals surface area contributed by atoms with Gasteiger partial charge in [-0.25, -0.2) is 4.98 Å². The topological polar surface area (TPSA) is 68.1 Å². The molecule has 1 heterocycles. The van der Waals surface area contributed by atoms with E-state index >= 15 is 0 Å². The van der Waals surface area contributed by atoms with Crippen LogP contribution in [0.15, 0.2) is 12.1 Å². The summed E-state index contributed by atoms with van der Waals surface area (Å²) in [6.45, 7) is 10.9. The molecule has 5 nitrogen and oxygen atoms in total. The lowest BCUT2D eigenvalue weighted by molar-refractivity contribution is -0.385. The highest BCUT2D eigenvalue weighted by molar-refractivity contribution is 5.45. The summed E-state index contributed by atoms with van der Waals surface area (Å²) in [5, 5.41) is 14.3. The first kappa shape index (κ1) is 15.7. The van der Waals surface area contributed by atoms with Crippen LogP contribution in [0.3, 0.4) is 0 Å². The minimum Gasteiger partial charge on any atom is -0.367 e. The van der Waals surface area contributed by atoms with Crippen molar-refractivity contribution in [2.45, 2.75) is 59.9 Å². The molecule has 5 heteroatoms. The van der Waals surface area contributed by atoms with Gasteiger partial charge in [0.2, 0.25) is 0 Å². The van der Waals surface area contributed by atoms with Gasteiger partial charge in [0.15, 0.2) is 0 Å². The molecule has 0 saturated heterocycles. The van der Waals surface area contributed by atoms with Crippen LogP contribution in [0.4, 0.5) is 11.5 Å². The Balaban J connectivity index is 2.14. The van der Waals surface area contributed by atoms with Gasteiger partial charge in [0.05, 0.1) is 4.92 Å². The summed E-state index contributed by atoms with van der Waals surface area (Å²) in [7, 11) is 0. The lowest BCUT2D eigenvalue weighted by atomic mass is 9.63. The zero-order valence-electron chi connectivity index (χ0n) is 13.6. The van der Waals surface area contributed by atoms with E-state index in [9.17, 15) is 10.1 Å². The fraction of sp³-hybridized carbons (Fsp3) is 0.688. The molecule has 1 aliphatic rings. The van der Waals surface area contributed by atoms with Crippen molar-refractivity contribution in [3.05, 3.63) is 27.9 Å². The molecule has 0 spiro atoms. The molecule has 0 amide bonds. The second kappa shape index (κ2) is 5.28. The highest BCUT2D eigenvalue weighted by Crippen LogP contribution is 2.46. The van der Waals surface area contributed by atoms with Gasteiger partial charge in [-0.1, -0.05) is 27.7 Å². The molecule has 2 rings (SSSR count). The molecule has 0 radical (unpaired) electrons. The summed E-state index contributed by atoms with van der Waals surface area (Å²) in [5.41, 5.74) is 1.13. The van der Waals surface area contributed by atoms with Crippen LogP contribution >= 0.6 is 0 Å². The smallest absolute Gasteiger partial charge is 0.290 e. The van der Waals surface area contributed by atoms with Crippen molar-refractivity contribution in [3.8, 4) is 0 Å². The van der Waals surface area contributed by atoms with Crippen molar-refractivity contribution in [1.29, 1.82) is 0 Å². The molecule has 0 aliphatic heterocycles. The lowest BCUT2D eigenvalue weighted by Gasteiger charge is -2.45. The van der Waals surface area contributed by atoms with E-state index in [-0.39, 0.29) is 10.6 Å². The third-order valence-electron chi connectivity index (χ3n) is 4.16. The predicted molar refractivity (Wildman–Crippen MR) is 84.5 cm³/mol. The van der Waals surface area contributed by atoms with Crippen LogP contribution in [0.5, 0.6) is 0 Å². The van der Waals surface area contributed by atoms with E-state index < -0.39 is 0 Å². The quantitative estimate of drug-likeness (QED) is 0.665. The number of nitrogens with one attached hydrogen (secondary N) is 1. The number of aryl methyl sites for hydroxylation is 1. The maximum Gasteiger partial charge on any atom is 0.290 e. The Morgan fingerprint density at radius 3 is 2.29 bits per heavy atom. The molecule has 0 bridgehead atoms. The summed E-state index contributed by atoms with van der Waals surface area (Å²) >= 11 is 0. The zero-order valence-corrected chi connectivity index (χ0v) is 13.6. The van der Waals surface area contributed by atoms with Gasteiger partial charge >= 0.3 is 0 Å². The van der Waals surface area contributed by atoms with Gasteiger partial charge in [-0.2, -0.15) is 0 Å². The summed E-state index contributed by atoms with van der Waals surface area (Å²) in [4.78, 5) is 14.8. The first-order chi connectivity index (χ1) is 9.58. The Labute approximate surface area is 126 Å². The van der Waals surface area contributed by atoms with Gasteiger partial charge < -0.3 is 5.32 Å². The van der Waals surface area contributed by atoms with Crippen molar-refractivity contribution in [2.24, 2.45) is 10.8 Å². The average molecular weight is 291 g/mol. The third-order valence-corrected chi connectivity index (χ3v) is 4.16. The van der Waals surface area contributed by atoms with E-state index in [1.165, 1.54) is 12.5 Å². The van der Waals surface area contributed by atoms with E-state index in [2.05, 4.69) is 38.0 Å². The van der Waals surface area contributed by atoms with E-state index in [1.807, 2.05) is 0 Å². The van der Waals surface area contributed by atoms with E-state index in [1.54, 1.807) is 13.0 Å². The van der Waals surface area contributed by atoms with Gasteiger partial charge in [-0.15, -0.1) is 0 Å². The lowest BCUT2D eigenvalue weighted by Crippen LogP contribution is -2.40. The summed E-state index contributed by atoms with van der Waals surface area (Å²) in [6.07, 6.45) is 3.40. The Morgan fingerprint density at radius 1 is 1.24 bits per heavy atom. The molecule has 116 valence electrons. The minimum absolute atomic E-state index is 0.0739. The molecule has 1 saturated carbocycles. The summed E-state index contributed by atoms with van der Waals surface area (Å²) in [5.74, 6) is 0.733. The first-order valence-electron chi connectivity index (χ1n) is 7.47. The van der Waals surface area contributed by atoms with Gasteiger partial charge in [-0.3, -0.25) is 10.1 Å². The number of pyridine rings is 1. The molecule has 1 aromatic heterocycles. The van der Waals surface area contributed by atoms with Crippen LogP contribution < -0.4 is 5.32 Å². The van der Waals surface area contributed by atoms with E-state index in [4.69, 9.17) is 0 Å². The maximum atomic E-state index is 10.8. The number of rotatable bonds is 3. The summed E-state index contributed by atoms with van der Waals surface area (Å²) < 4.78 is 0. The highest BCUT2D eigenvalue weighted by Gasteiger charge is 2.38. The first-order valence-corrected chi connectivity index (χ1v) is 7.47. The Hall–Kier alpha value is -1.65. The number of nitro groups is 1. The van der Waals surface area contributed by atoms with Crippen LogP contribution in [-0.4, -0.2) is 15.9 Å². The largest absolute Gasteiger partial charge is 0.367 e. The molecule has 1 fully saturated rings. The molecular weight excluding hydrogens is 266 g/mol. The van der Waals surface area contributed by atoms with E-state index in [0.29, 0.717) is 22.6 Å². The molecule has 21 heavy (non-hydrogen) atoms. The van der Waals surface area contributed by atoms with Crippen molar-refractivity contribution in [3.63, 3.8) is 0 Å². The fourth-order valence-corrected chi connectivity index (χ4v) is 3.98. The standard InChI is InChI=1S/C16H25N3O2/c1-11-13(19(20)21)6-7-14(17-11)18-12-8-15(2,3)10-16(4,5)9-12/h6-7,12H,8-10H2,1-5H3,(H,17,18). The molecule has 0 aromatic carbocycles. The van der Waals surface area contributed by atoms with Gasteiger partial charge in [0.25, 0.3) is 5.69 Å². The Kier molecular flexibility index (Phi) is 3.95. The number of hydrogen-bond donors (Lipinski definition) is 1. The summed E-state index contributed by atoms with van der Waals surface area (Å²) in [6, 6.07) is 3.60. The molecule has 1 N–H and O–H groups in total. The number of hydrogen-bond acceptors (Lipinski definition) is 4. The molecular formula is C16H25N3O2. The number of aromatic nitrogens is 1. The van der Waals surface area contributed by atoms with Crippen LogP contribution in [0, 0.1) is 27.9 Å². The highest BCUT2D eigenvalue weighted by atomic mass is 16.6. The van der Waals surface area contributed by atoms with Crippen LogP contribution in [0.25, 0.3) is 0 Å². The van der Waals surface area contributed by atoms with Crippen LogP contribution in [-0.2, 0) is 0 Å². The third kappa shape index (κ3) is 3.93. The minimum atomic E-state index is -0.390. The van der Waals surface area contributed by atoms with Gasteiger partial charge in [0.1, 0.15) is 11.5 Å². The van der Waals surface area contributed by atoms with Crippen molar-refractivity contribution >= 4 is 11.5 Å². The second-order valence-electron chi connectivity index (χ2n) is 7.81. The van der Waals surface area contributed by atoms with Crippen molar-refractivity contribution in [2.75, 3.05) is 5.32 Å². The average Bonchev–Trinajstić information content (AvgIpc) is 2.23. The monoisotopic (exact) mass is 291 g/mol. The van der Waals surface area contributed by atoms with Crippen LogP contribution in [0.1, 0.15) is 52.7 Å². The second-order valence-corrected chi connectivity index (χ2v) is 7.81. The van der Waals surface area contributed by atoms with E-state index in [0.717, 1.165) is 18.7 Å². The number of nitrogens with zero attached hydrogens (tertiary/aromatic N) is 2. The zero-order chi connectivity index (χ0) is 15.8. The van der Waals surface area contributed by atoms with Crippen molar-refractivity contribution < 1.29 is 4.92 Å². The fourth-order valence-electron chi connectivity index (χ4n) is 3.98.